The average molecular weight is 379 g/mol. The van der Waals surface area contributed by atoms with E-state index in [1.165, 1.54) is 30.8 Å². The van der Waals surface area contributed by atoms with E-state index in [4.69, 9.17) is 0 Å². The lowest BCUT2D eigenvalue weighted by Gasteiger charge is -2.17. The van der Waals surface area contributed by atoms with Gasteiger partial charge in [0.15, 0.2) is 5.78 Å². The van der Waals surface area contributed by atoms with Crippen LogP contribution in [0.3, 0.4) is 0 Å². The molecule has 27 heavy (non-hydrogen) atoms. The van der Waals surface area contributed by atoms with E-state index < -0.39 is 5.25 Å². The van der Waals surface area contributed by atoms with Gasteiger partial charge in [-0.3, -0.25) is 9.59 Å². The summed E-state index contributed by atoms with van der Waals surface area (Å²) in [5.41, 5.74) is 1.94. The molecule has 0 saturated heterocycles. The monoisotopic (exact) mass is 379 g/mol. The summed E-state index contributed by atoms with van der Waals surface area (Å²) in [4.78, 5) is 25.3. The van der Waals surface area contributed by atoms with Gasteiger partial charge in [0.25, 0.3) is 0 Å². The van der Waals surface area contributed by atoms with Gasteiger partial charge in [-0.05, 0) is 48.9 Å². The molecule has 0 aliphatic heterocycles. The van der Waals surface area contributed by atoms with E-state index in [-0.39, 0.29) is 17.5 Å². The molecule has 0 aromatic heterocycles. The Kier molecular flexibility index (Phi) is 6.04. The molecule has 0 unspecified atom stereocenters. The van der Waals surface area contributed by atoms with Crippen LogP contribution in [0.2, 0.25) is 0 Å². The van der Waals surface area contributed by atoms with E-state index in [1.807, 2.05) is 30.3 Å². The van der Waals surface area contributed by atoms with E-state index in [2.05, 4.69) is 5.32 Å². The van der Waals surface area contributed by atoms with Crippen LogP contribution < -0.4 is 5.32 Å². The lowest BCUT2D eigenvalue weighted by atomic mass is 10.1. The first-order chi connectivity index (χ1) is 13.0. The molecule has 0 bridgehead atoms. The highest BCUT2D eigenvalue weighted by molar-refractivity contribution is 8.00. The van der Waals surface area contributed by atoms with Gasteiger partial charge in [-0.2, -0.15) is 0 Å². The SMILES string of the molecule is CC(=O)c1cccc(NC(=O)[C@@H](Sc2ccc(F)cc2)c2ccccc2)c1. The number of Topliss-reactive ketones (excluding diaryl/α,β-unsaturated/α-hetero) is 1. The van der Waals surface area contributed by atoms with Gasteiger partial charge in [-0.1, -0.05) is 42.5 Å². The third kappa shape index (κ3) is 5.05. The van der Waals surface area contributed by atoms with Crippen molar-refractivity contribution in [3.05, 3.63) is 95.8 Å². The molecule has 0 heterocycles. The van der Waals surface area contributed by atoms with Gasteiger partial charge < -0.3 is 5.32 Å². The molecule has 0 aliphatic carbocycles. The summed E-state index contributed by atoms with van der Waals surface area (Å²) >= 11 is 1.34. The average Bonchev–Trinajstić information content (AvgIpc) is 2.68. The minimum absolute atomic E-state index is 0.0635. The largest absolute Gasteiger partial charge is 0.325 e. The molecule has 3 rings (SSSR count). The zero-order valence-corrected chi connectivity index (χ0v) is 15.5. The van der Waals surface area contributed by atoms with E-state index in [1.54, 1.807) is 36.4 Å². The molecule has 1 N–H and O–H groups in total. The molecule has 0 aliphatic rings. The third-order valence-electron chi connectivity index (χ3n) is 3.94. The van der Waals surface area contributed by atoms with Crippen LogP contribution in [0.25, 0.3) is 0 Å². The molecule has 1 amide bonds. The molecular formula is C22H18FNO2S. The second kappa shape index (κ2) is 8.64. The normalized spacial score (nSPS) is 11.6. The Labute approximate surface area is 161 Å². The van der Waals surface area contributed by atoms with Crippen molar-refractivity contribution in [2.24, 2.45) is 0 Å². The molecular weight excluding hydrogens is 361 g/mol. The second-order valence-corrected chi connectivity index (χ2v) is 7.17. The fraction of sp³-hybridized carbons (Fsp3) is 0.0909. The highest BCUT2D eigenvalue weighted by Gasteiger charge is 2.22. The van der Waals surface area contributed by atoms with Crippen molar-refractivity contribution in [3.63, 3.8) is 0 Å². The van der Waals surface area contributed by atoms with Crippen LogP contribution in [0.1, 0.15) is 28.1 Å². The van der Waals surface area contributed by atoms with Crippen LogP contribution in [0.4, 0.5) is 10.1 Å². The summed E-state index contributed by atoms with van der Waals surface area (Å²) < 4.78 is 13.2. The fourth-order valence-electron chi connectivity index (χ4n) is 2.57. The minimum atomic E-state index is -0.516. The molecule has 0 fully saturated rings. The lowest BCUT2D eigenvalue weighted by molar-refractivity contribution is -0.115. The first kappa shape index (κ1) is 18.9. The number of hydrogen-bond acceptors (Lipinski definition) is 3. The van der Waals surface area contributed by atoms with Gasteiger partial charge in [0, 0.05) is 16.1 Å². The Hall–Kier alpha value is -2.92. The van der Waals surface area contributed by atoms with Gasteiger partial charge in [-0.25, -0.2) is 4.39 Å². The molecule has 0 spiro atoms. The summed E-state index contributed by atoms with van der Waals surface area (Å²) in [7, 11) is 0. The maximum atomic E-state index is 13.2. The zero-order valence-electron chi connectivity index (χ0n) is 14.7. The Balaban J connectivity index is 1.85. The van der Waals surface area contributed by atoms with Gasteiger partial charge >= 0.3 is 0 Å². The zero-order chi connectivity index (χ0) is 19.2. The smallest absolute Gasteiger partial charge is 0.242 e. The highest BCUT2D eigenvalue weighted by atomic mass is 32.2. The maximum absolute atomic E-state index is 13.2. The summed E-state index contributed by atoms with van der Waals surface area (Å²) in [6, 6.07) is 22.3. The summed E-state index contributed by atoms with van der Waals surface area (Å²) in [6.45, 7) is 1.48. The van der Waals surface area contributed by atoms with Crippen LogP contribution in [0, 0.1) is 5.82 Å². The van der Waals surface area contributed by atoms with E-state index in [9.17, 15) is 14.0 Å². The molecule has 1 atom stereocenters. The molecule has 3 nitrogen and oxygen atoms in total. The van der Waals surface area contributed by atoms with Gasteiger partial charge in [-0.15, -0.1) is 11.8 Å². The number of halogens is 1. The van der Waals surface area contributed by atoms with Crippen molar-refractivity contribution < 1.29 is 14.0 Å². The van der Waals surface area contributed by atoms with E-state index in [0.29, 0.717) is 11.3 Å². The first-order valence-electron chi connectivity index (χ1n) is 8.42. The van der Waals surface area contributed by atoms with Crippen molar-refractivity contribution in [3.8, 4) is 0 Å². The number of amides is 1. The van der Waals surface area contributed by atoms with Gasteiger partial charge in [0.05, 0.1) is 0 Å². The second-order valence-electron chi connectivity index (χ2n) is 5.99. The number of ketones is 1. The van der Waals surface area contributed by atoms with Gasteiger partial charge in [0.1, 0.15) is 11.1 Å². The molecule has 0 saturated carbocycles. The van der Waals surface area contributed by atoms with Crippen LogP contribution in [-0.2, 0) is 4.79 Å². The number of hydrogen-bond donors (Lipinski definition) is 1. The quantitative estimate of drug-likeness (QED) is 0.454. The van der Waals surface area contributed by atoms with E-state index in [0.717, 1.165) is 10.5 Å². The Morgan fingerprint density at radius 3 is 2.30 bits per heavy atom. The van der Waals surface area contributed by atoms with Crippen LogP contribution in [-0.4, -0.2) is 11.7 Å². The summed E-state index contributed by atoms with van der Waals surface area (Å²) in [5.74, 6) is -0.594. The molecule has 0 radical (unpaired) electrons. The van der Waals surface area contributed by atoms with Crippen molar-refractivity contribution >= 4 is 29.1 Å². The van der Waals surface area contributed by atoms with Gasteiger partial charge in [0.2, 0.25) is 5.91 Å². The summed E-state index contributed by atoms with van der Waals surface area (Å²) in [6.07, 6.45) is 0. The lowest BCUT2D eigenvalue weighted by Crippen LogP contribution is -2.19. The number of anilines is 1. The number of thioether (sulfide) groups is 1. The third-order valence-corrected chi connectivity index (χ3v) is 5.21. The van der Waals surface area contributed by atoms with E-state index >= 15 is 0 Å². The predicted octanol–water partition coefficient (Wildman–Crippen LogP) is 5.50. The molecule has 3 aromatic rings. The number of carbonyl (C=O) groups is 2. The van der Waals surface area contributed by atoms with Crippen molar-refractivity contribution in [2.75, 3.05) is 5.32 Å². The Morgan fingerprint density at radius 1 is 0.926 bits per heavy atom. The highest BCUT2D eigenvalue weighted by Crippen LogP contribution is 2.36. The minimum Gasteiger partial charge on any atom is -0.325 e. The molecule has 3 aromatic carbocycles. The molecule has 5 heteroatoms. The Morgan fingerprint density at radius 2 is 1.63 bits per heavy atom. The first-order valence-corrected chi connectivity index (χ1v) is 9.30. The number of rotatable bonds is 6. The van der Waals surface area contributed by atoms with Crippen molar-refractivity contribution in [1.29, 1.82) is 0 Å². The standard InChI is InChI=1S/C22H18FNO2S/c1-15(25)17-8-5-9-19(14-17)24-22(26)21(16-6-3-2-4-7-16)27-20-12-10-18(23)11-13-20/h2-14,21H,1H3,(H,24,26)/t21-/m0/s1. The summed E-state index contributed by atoms with van der Waals surface area (Å²) in [5, 5.41) is 2.37. The van der Waals surface area contributed by atoms with Crippen molar-refractivity contribution in [2.45, 2.75) is 17.1 Å². The van der Waals surface area contributed by atoms with Crippen molar-refractivity contribution in [1.82, 2.24) is 0 Å². The predicted molar refractivity (Wildman–Crippen MR) is 107 cm³/mol. The van der Waals surface area contributed by atoms with Crippen LogP contribution >= 0.6 is 11.8 Å². The maximum Gasteiger partial charge on any atom is 0.242 e. The number of carbonyl (C=O) groups excluding carboxylic acids is 2. The molecule has 136 valence electrons. The topological polar surface area (TPSA) is 46.2 Å². The number of nitrogens with one attached hydrogen (secondary N) is 1. The van der Waals surface area contributed by atoms with Crippen LogP contribution in [0.5, 0.6) is 0 Å². The van der Waals surface area contributed by atoms with Crippen LogP contribution in [0.15, 0.2) is 83.8 Å². The number of benzene rings is 3. The Bertz CT molecular complexity index is 942. The fourth-order valence-corrected chi connectivity index (χ4v) is 3.60.